The van der Waals surface area contributed by atoms with Crippen LogP contribution in [-0.4, -0.2) is 14.7 Å². The second kappa shape index (κ2) is 8.68. The van der Waals surface area contributed by atoms with Crippen molar-refractivity contribution in [1.82, 2.24) is 0 Å². The van der Waals surface area contributed by atoms with Gasteiger partial charge in [0.1, 0.15) is 0 Å². The largest absolute Gasteiger partial charge is 0.447 e. The maximum Gasteiger partial charge on any atom is 0.282 e. The fourth-order valence-corrected chi connectivity index (χ4v) is 3.22. The van der Waals surface area contributed by atoms with E-state index in [0.717, 1.165) is 6.42 Å². The van der Waals surface area contributed by atoms with Crippen molar-refractivity contribution in [2.24, 2.45) is 11.8 Å². The molecule has 0 N–H and O–H groups in total. The predicted molar refractivity (Wildman–Crippen MR) is 73.2 cm³/mol. The van der Waals surface area contributed by atoms with E-state index in [1.165, 1.54) is 24.1 Å². The molecule has 0 saturated carbocycles. The summed E-state index contributed by atoms with van der Waals surface area (Å²) in [6, 6.07) is 4.17. The molecule has 1 unspecified atom stereocenters. The quantitative estimate of drug-likeness (QED) is 0.439. The number of hydrogen-bond donors (Lipinski definition) is 0. The van der Waals surface area contributed by atoms with Gasteiger partial charge in [-0.25, -0.2) is 6.07 Å². The summed E-state index contributed by atoms with van der Waals surface area (Å²) < 4.78 is 4.83. The number of aryl methyl sites for hydroxylation is 1. The van der Waals surface area contributed by atoms with Gasteiger partial charge in [-0.15, -0.1) is 10.3 Å². The van der Waals surface area contributed by atoms with Gasteiger partial charge in [0.25, 0.3) is 8.05 Å². The smallest absolute Gasteiger partial charge is 0.282 e. The van der Waals surface area contributed by atoms with E-state index in [4.69, 9.17) is 12.7 Å². The van der Waals surface area contributed by atoms with Crippen LogP contribution < -0.4 is 0 Å². The summed E-state index contributed by atoms with van der Waals surface area (Å²) in [7, 11) is 5.21. The Hall–Kier alpha value is 0.569. The summed E-state index contributed by atoms with van der Waals surface area (Å²) in [4.78, 5) is 1.43. The van der Waals surface area contributed by atoms with Gasteiger partial charge in [0.15, 0.2) is 0 Å². The molecule has 1 aliphatic carbocycles. The standard InChI is InChI=1S/C14H18BOS.Y/c1-11-7-8-12(14(11)10-16-15)4-2-5-13-6-3-9-17-13;/h3,6,8,11,14H,2,4-5,7,10H2,1H3;/q-1;/t11?,14-;/m0./s1. The van der Waals surface area contributed by atoms with E-state index in [1.54, 1.807) is 16.9 Å². The van der Waals surface area contributed by atoms with Crippen molar-refractivity contribution in [3.63, 3.8) is 0 Å². The zero-order valence-corrected chi connectivity index (χ0v) is 14.5. The molecule has 1 nitrogen and oxygen atoms in total. The van der Waals surface area contributed by atoms with Crippen molar-refractivity contribution in [3.05, 3.63) is 34.0 Å². The molecule has 4 heteroatoms. The van der Waals surface area contributed by atoms with Gasteiger partial charge in [-0.05, 0) is 18.8 Å². The van der Waals surface area contributed by atoms with Crippen molar-refractivity contribution in [2.75, 3.05) is 6.61 Å². The monoisotopic (exact) mass is 334 g/mol. The third kappa shape index (κ3) is 4.59. The van der Waals surface area contributed by atoms with E-state index < -0.39 is 0 Å². The van der Waals surface area contributed by atoms with E-state index >= 15 is 0 Å². The van der Waals surface area contributed by atoms with Crippen LogP contribution in [0.4, 0.5) is 0 Å². The molecule has 0 spiro atoms. The molecule has 1 aromatic rings. The van der Waals surface area contributed by atoms with Crippen LogP contribution in [0.3, 0.4) is 0 Å². The Bertz CT molecular complexity index is 364. The summed E-state index contributed by atoms with van der Waals surface area (Å²) >= 11 is 1.73. The normalized spacial score (nSPS) is 22.6. The summed E-state index contributed by atoms with van der Waals surface area (Å²) in [5, 5.41) is 3.13. The Morgan fingerprint density at radius 1 is 1.50 bits per heavy atom. The maximum absolute atomic E-state index is 5.21. The summed E-state index contributed by atoms with van der Waals surface area (Å²) in [6.45, 7) is 2.95. The minimum atomic E-state index is 0. The van der Waals surface area contributed by atoms with E-state index in [0.29, 0.717) is 18.4 Å². The fraction of sp³-hybridized carbons (Fsp3) is 0.571. The molecule has 0 fully saturated rings. The molecule has 0 bridgehead atoms. The molecule has 93 valence electrons. The second-order valence-corrected chi connectivity index (χ2v) is 5.77. The zero-order valence-electron chi connectivity index (χ0n) is 10.9. The molecule has 2 rings (SSSR count). The Labute approximate surface area is 141 Å². The van der Waals surface area contributed by atoms with Crippen LogP contribution in [0, 0.1) is 17.2 Å². The van der Waals surface area contributed by atoms with Gasteiger partial charge in [-0.1, -0.05) is 31.4 Å². The molecule has 2 atom stereocenters. The first-order valence-corrected chi connectivity index (χ1v) is 7.08. The molecule has 0 amide bonds. The zero-order chi connectivity index (χ0) is 12.1. The van der Waals surface area contributed by atoms with Crippen LogP contribution in [0.5, 0.6) is 0 Å². The van der Waals surface area contributed by atoms with Crippen molar-refractivity contribution in [3.8, 4) is 0 Å². The third-order valence-electron chi connectivity index (χ3n) is 3.61. The first kappa shape index (κ1) is 16.6. The minimum absolute atomic E-state index is 0. The number of hydrogen-bond acceptors (Lipinski definition) is 2. The van der Waals surface area contributed by atoms with Gasteiger partial charge in [0.05, 0.1) is 0 Å². The SMILES string of the molecule is [B]OC[C@@H]1C(CCCc2cc[c-]s2)=CCC1C.[Y]. The summed E-state index contributed by atoms with van der Waals surface area (Å²) in [6.07, 6.45) is 7.12. The molecule has 0 aromatic carbocycles. The Morgan fingerprint density at radius 3 is 3.00 bits per heavy atom. The van der Waals surface area contributed by atoms with Crippen molar-refractivity contribution >= 4 is 19.4 Å². The van der Waals surface area contributed by atoms with Crippen LogP contribution in [0.2, 0.25) is 0 Å². The molecule has 1 aliphatic rings. The van der Waals surface area contributed by atoms with Crippen molar-refractivity contribution in [2.45, 2.75) is 32.6 Å². The number of rotatable bonds is 6. The van der Waals surface area contributed by atoms with Crippen molar-refractivity contribution < 1.29 is 37.4 Å². The van der Waals surface area contributed by atoms with Crippen molar-refractivity contribution in [1.29, 1.82) is 0 Å². The second-order valence-electron chi connectivity index (χ2n) is 4.80. The molecular weight excluding hydrogens is 316 g/mol. The Balaban J connectivity index is 0.00000162. The maximum atomic E-state index is 5.21. The number of thiophene rings is 1. The van der Waals surface area contributed by atoms with E-state index in [1.807, 2.05) is 6.07 Å². The molecule has 0 saturated heterocycles. The molecule has 1 heterocycles. The van der Waals surface area contributed by atoms with Gasteiger partial charge < -0.3 is 16.0 Å². The summed E-state index contributed by atoms with van der Waals surface area (Å²) in [5.41, 5.74) is 1.54. The Morgan fingerprint density at radius 2 is 2.33 bits per heavy atom. The van der Waals surface area contributed by atoms with Crippen LogP contribution in [0.1, 0.15) is 31.1 Å². The number of allylic oxidation sites excluding steroid dienone is 1. The van der Waals surface area contributed by atoms with Gasteiger partial charge >= 0.3 is 0 Å². The minimum Gasteiger partial charge on any atom is -0.447 e. The molecule has 1 aromatic heterocycles. The van der Waals surface area contributed by atoms with Gasteiger partial charge in [-0.2, -0.15) is 6.07 Å². The predicted octanol–water partition coefficient (Wildman–Crippen LogP) is 3.55. The Kier molecular flexibility index (Phi) is 8.02. The van der Waals surface area contributed by atoms with Gasteiger partial charge in [0.2, 0.25) is 0 Å². The van der Waals surface area contributed by atoms with E-state index in [9.17, 15) is 0 Å². The van der Waals surface area contributed by atoms with Gasteiger partial charge in [0, 0.05) is 45.2 Å². The molecular formula is C14H18BOSY-. The van der Waals surface area contributed by atoms with E-state index in [2.05, 4.69) is 24.4 Å². The van der Waals surface area contributed by atoms with Crippen LogP contribution in [0.15, 0.2) is 23.8 Å². The fourth-order valence-electron chi connectivity index (χ4n) is 2.55. The molecule has 18 heavy (non-hydrogen) atoms. The summed E-state index contributed by atoms with van der Waals surface area (Å²) in [5.74, 6) is 1.22. The first-order valence-electron chi connectivity index (χ1n) is 6.26. The van der Waals surface area contributed by atoms with Crippen LogP contribution in [-0.2, 0) is 43.8 Å². The topological polar surface area (TPSA) is 9.23 Å². The van der Waals surface area contributed by atoms with Crippen LogP contribution >= 0.6 is 11.3 Å². The van der Waals surface area contributed by atoms with Gasteiger partial charge in [-0.3, -0.25) is 0 Å². The van der Waals surface area contributed by atoms with E-state index in [-0.39, 0.29) is 32.7 Å². The average molecular weight is 334 g/mol. The molecule has 3 radical (unpaired) electrons. The first-order chi connectivity index (χ1) is 8.31. The average Bonchev–Trinajstić information content (AvgIpc) is 2.93. The molecule has 0 aliphatic heterocycles. The third-order valence-corrected chi connectivity index (χ3v) is 4.46. The van der Waals surface area contributed by atoms with Crippen LogP contribution in [0.25, 0.3) is 0 Å².